The molecule has 0 aliphatic rings. The van der Waals surface area contributed by atoms with Crippen molar-refractivity contribution in [1.82, 2.24) is 5.32 Å². The molecule has 2 nitrogen and oxygen atoms in total. The van der Waals surface area contributed by atoms with Crippen molar-refractivity contribution in [2.45, 2.75) is 32.7 Å². The number of benzene rings is 1. The molecule has 0 aliphatic heterocycles. The third-order valence-electron chi connectivity index (χ3n) is 2.52. The number of hydrogen-bond acceptors (Lipinski definition) is 2. The van der Waals surface area contributed by atoms with E-state index in [-0.39, 0.29) is 11.8 Å². The smallest absolute Gasteiger partial charge is 0.272 e. The lowest BCUT2D eigenvalue weighted by Crippen LogP contribution is -2.19. The van der Waals surface area contributed by atoms with Gasteiger partial charge < -0.3 is 10.1 Å². The summed E-state index contributed by atoms with van der Waals surface area (Å²) in [5.74, 6) is -0.750. The number of hydrogen-bond donors (Lipinski definition) is 1. The van der Waals surface area contributed by atoms with Crippen LogP contribution in [0.5, 0.6) is 5.75 Å². The lowest BCUT2D eigenvalue weighted by Gasteiger charge is -2.15. The molecule has 1 rings (SSSR count). The van der Waals surface area contributed by atoms with Gasteiger partial charge in [0.15, 0.2) is 11.6 Å². The van der Waals surface area contributed by atoms with Crippen molar-refractivity contribution in [3.8, 4) is 5.75 Å². The molecule has 1 aromatic carbocycles. The number of alkyl halides is 2. The molecule has 102 valence electrons. The molecule has 0 saturated heterocycles. The second-order valence-electron chi connectivity index (χ2n) is 4.07. The van der Waals surface area contributed by atoms with Crippen LogP contribution in [0.2, 0.25) is 0 Å². The van der Waals surface area contributed by atoms with Gasteiger partial charge in [0, 0.05) is 6.04 Å². The van der Waals surface area contributed by atoms with Crippen molar-refractivity contribution >= 4 is 0 Å². The van der Waals surface area contributed by atoms with Crippen LogP contribution in [-0.4, -0.2) is 19.6 Å². The van der Waals surface area contributed by atoms with E-state index in [4.69, 9.17) is 0 Å². The summed E-state index contributed by atoms with van der Waals surface area (Å²) in [4.78, 5) is 0. The van der Waals surface area contributed by atoms with E-state index in [1.807, 2.05) is 13.8 Å². The van der Waals surface area contributed by atoms with E-state index in [0.29, 0.717) is 0 Å². The molecule has 0 spiro atoms. The van der Waals surface area contributed by atoms with Crippen molar-refractivity contribution in [3.05, 3.63) is 29.6 Å². The summed E-state index contributed by atoms with van der Waals surface area (Å²) in [6.07, 6.45) is -1.61. The Kier molecular flexibility index (Phi) is 5.98. The van der Waals surface area contributed by atoms with Crippen molar-refractivity contribution in [2.75, 3.05) is 13.2 Å². The molecule has 5 heteroatoms. The maximum Gasteiger partial charge on any atom is 0.272 e. The zero-order chi connectivity index (χ0) is 13.5. The first-order valence-corrected chi connectivity index (χ1v) is 5.98. The van der Waals surface area contributed by atoms with Gasteiger partial charge in [-0.2, -0.15) is 0 Å². The van der Waals surface area contributed by atoms with E-state index in [2.05, 4.69) is 10.1 Å². The predicted molar refractivity (Wildman–Crippen MR) is 64.6 cm³/mol. The van der Waals surface area contributed by atoms with Gasteiger partial charge in [0.25, 0.3) is 6.43 Å². The summed E-state index contributed by atoms with van der Waals surface area (Å²) >= 11 is 0. The van der Waals surface area contributed by atoms with E-state index in [1.54, 1.807) is 6.07 Å². The van der Waals surface area contributed by atoms with Crippen LogP contribution in [0.4, 0.5) is 13.2 Å². The van der Waals surface area contributed by atoms with Gasteiger partial charge in [0.1, 0.15) is 6.61 Å². The Balaban J connectivity index is 2.66. The Bertz CT molecular complexity index is 371. The summed E-state index contributed by atoms with van der Waals surface area (Å²) in [6, 6.07) is 4.39. The second kappa shape index (κ2) is 7.26. The van der Waals surface area contributed by atoms with Gasteiger partial charge in [-0.25, -0.2) is 13.2 Å². The minimum Gasteiger partial charge on any atom is -0.485 e. The standard InChI is InChI=1S/C13H18F3NO/c1-3-6-17-9(2)10-4-5-12(11(14)7-10)18-8-13(15)16/h4-5,7,9,13,17H,3,6,8H2,1-2H3. The Labute approximate surface area is 105 Å². The molecule has 0 bridgehead atoms. The average Bonchev–Trinajstić information content (AvgIpc) is 2.34. The zero-order valence-corrected chi connectivity index (χ0v) is 10.6. The lowest BCUT2D eigenvalue weighted by atomic mass is 10.1. The van der Waals surface area contributed by atoms with Crippen LogP contribution in [0.3, 0.4) is 0 Å². The number of ether oxygens (including phenoxy) is 1. The number of halogens is 3. The first-order valence-electron chi connectivity index (χ1n) is 5.98. The molecule has 0 aromatic heterocycles. The summed E-state index contributed by atoms with van der Waals surface area (Å²) < 4.78 is 42.1. The molecule has 0 fully saturated rings. The van der Waals surface area contributed by atoms with Crippen molar-refractivity contribution in [2.24, 2.45) is 0 Å². The highest BCUT2D eigenvalue weighted by atomic mass is 19.3. The summed E-state index contributed by atoms with van der Waals surface area (Å²) in [5, 5.41) is 3.22. The van der Waals surface area contributed by atoms with Gasteiger partial charge in [-0.1, -0.05) is 13.0 Å². The second-order valence-corrected chi connectivity index (χ2v) is 4.07. The SMILES string of the molecule is CCCNC(C)c1ccc(OCC(F)F)c(F)c1. The van der Waals surface area contributed by atoms with Crippen molar-refractivity contribution in [1.29, 1.82) is 0 Å². The van der Waals surface area contributed by atoms with Gasteiger partial charge in [0.05, 0.1) is 0 Å². The fourth-order valence-electron chi connectivity index (χ4n) is 1.53. The summed E-state index contributed by atoms with van der Waals surface area (Å²) in [7, 11) is 0. The van der Waals surface area contributed by atoms with Gasteiger partial charge in [-0.15, -0.1) is 0 Å². The Morgan fingerprint density at radius 3 is 2.61 bits per heavy atom. The van der Waals surface area contributed by atoms with E-state index >= 15 is 0 Å². The van der Waals surface area contributed by atoms with Crippen molar-refractivity contribution < 1.29 is 17.9 Å². The Hall–Kier alpha value is -1.23. The van der Waals surface area contributed by atoms with E-state index in [9.17, 15) is 13.2 Å². The zero-order valence-electron chi connectivity index (χ0n) is 10.6. The fourth-order valence-corrected chi connectivity index (χ4v) is 1.53. The molecule has 0 amide bonds. The summed E-state index contributed by atoms with van der Waals surface area (Å²) in [5.41, 5.74) is 0.769. The van der Waals surface area contributed by atoms with Gasteiger partial charge >= 0.3 is 0 Å². The maximum atomic E-state index is 13.6. The van der Waals surface area contributed by atoms with E-state index in [1.165, 1.54) is 12.1 Å². The Morgan fingerprint density at radius 2 is 2.06 bits per heavy atom. The average molecular weight is 261 g/mol. The number of nitrogens with one attached hydrogen (secondary N) is 1. The van der Waals surface area contributed by atoms with Crippen LogP contribution in [-0.2, 0) is 0 Å². The van der Waals surface area contributed by atoms with Gasteiger partial charge in [-0.3, -0.25) is 0 Å². The molecular weight excluding hydrogens is 243 g/mol. The molecule has 0 aliphatic carbocycles. The van der Waals surface area contributed by atoms with E-state index < -0.39 is 18.8 Å². The maximum absolute atomic E-state index is 13.6. The lowest BCUT2D eigenvalue weighted by molar-refractivity contribution is 0.0799. The highest BCUT2D eigenvalue weighted by Gasteiger charge is 2.11. The predicted octanol–water partition coefficient (Wildman–Crippen LogP) is 3.53. The first-order chi connectivity index (χ1) is 8.54. The molecule has 1 unspecified atom stereocenters. The largest absolute Gasteiger partial charge is 0.485 e. The number of rotatable bonds is 7. The van der Waals surface area contributed by atoms with Crippen LogP contribution >= 0.6 is 0 Å². The first kappa shape index (κ1) is 14.8. The molecule has 0 radical (unpaired) electrons. The Morgan fingerprint density at radius 1 is 1.33 bits per heavy atom. The molecule has 0 saturated carbocycles. The van der Waals surface area contributed by atoms with Crippen LogP contribution in [0.25, 0.3) is 0 Å². The quantitative estimate of drug-likeness (QED) is 0.810. The minimum atomic E-state index is -2.60. The highest BCUT2D eigenvalue weighted by molar-refractivity contribution is 5.30. The highest BCUT2D eigenvalue weighted by Crippen LogP contribution is 2.22. The molecule has 18 heavy (non-hydrogen) atoms. The van der Waals surface area contributed by atoms with Crippen LogP contribution in [0.15, 0.2) is 18.2 Å². The molecule has 1 atom stereocenters. The van der Waals surface area contributed by atoms with Crippen LogP contribution in [0.1, 0.15) is 31.9 Å². The molecule has 1 aromatic rings. The third-order valence-corrected chi connectivity index (χ3v) is 2.52. The topological polar surface area (TPSA) is 21.3 Å². The minimum absolute atomic E-state index is 0.0172. The normalized spacial score (nSPS) is 12.8. The molecule has 1 N–H and O–H groups in total. The molecule has 0 heterocycles. The monoisotopic (exact) mass is 261 g/mol. The van der Waals surface area contributed by atoms with E-state index in [0.717, 1.165) is 18.5 Å². The van der Waals surface area contributed by atoms with Crippen LogP contribution < -0.4 is 10.1 Å². The fraction of sp³-hybridized carbons (Fsp3) is 0.538. The third kappa shape index (κ3) is 4.56. The van der Waals surface area contributed by atoms with Crippen LogP contribution in [0, 0.1) is 5.82 Å². The van der Waals surface area contributed by atoms with Crippen molar-refractivity contribution in [3.63, 3.8) is 0 Å². The summed E-state index contributed by atoms with van der Waals surface area (Å²) in [6.45, 7) is 4.01. The molecular formula is C13H18F3NO. The van der Waals surface area contributed by atoms with Gasteiger partial charge in [-0.05, 0) is 37.6 Å². The van der Waals surface area contributed by atoms with Gasteiger partial charge in [0.2, 0.25) is 0 Å².